The fraction of sp³-hybridized carbons (Fsp3) is 0.450. The zero-order valence-corrected chi connectivity index (χ0v) is 15.7. The van der Waals surface area contributed by atoms with Gasteiger partial charge in [-0.15, -0.1) is 0 Å². The van der Waals surface area contributed by atoms with Gasteiger partial charge in [0.25, 0.3) is 5.91 Å². The van der Waals surface area contributed by atoms with Crippen LogP contribution in [0.2, 0.25) is 0 Å². The van der Waals surface area contributed by atoms with Crippen molar-refractivity contribution in [2.75, 3.05) is 13.7 Å². The monoisotopic (exact) mass is 371 g/mol. The number of para-hydroxylation sites is 1. The van der Waals surface area contributed by atoms with E-state index in [1.165, 1.54) is 7.11 Å². The third-order valence-corrected chi connectivity index (χ3v) is 4.86. The molecular weight excluding hydrogens is 346 g/mol. The van der Waals surface area contributed by atoms with E-state index in [0.717, 1.165) is 24.9 Å². The summed E-state index contributed by atoms with van der Waals surface area (Å²) in [4.78, 5) is 25.6. The summed E-state index contributed by atoms with van der Waals surface area (Å²) in [5, 5.41) is 7.28. The van der Waals surface area contributed by atoms with Crippen molar-refractivity contribution in [2.45, 2.75) is 44.6 Å². The molecule has 2 aromatic rings. The Labute approximate surface area is 158 Å². The van der Waals surface area contributed by atoms with Gasteiger partial charge in [0.15, 0.2) is 11.4 Å². The Morgan fingerprint density at radius 2 is 1.89 bits per heavy atom. The molecule has 1 fully saturated rings. The summed E-state index contributed by atoms with van der Waals surface area (Å²) in [5.41, 5.74) is -0.0319. The quantitative estimate of drug-likeness (QED) is 0.790. The maximum absolute atomic E-state index is 13.0. The van der Waals surface area contributed by atoms with Crippen LogP contribution in [0.5, 0.6) is 5.75 Å². The maximum atomic E-state index is 13.0. The van der Waals surface area contributed by atoms with Crippen molar-refractivity contribution >= 4 is 11.9 Å². The highest BCUT2D eigenvalue weighted by atomic mass is 16.5. The number of methoxy groups -OCH3 is 1. The fourth-order valence-electron chi connectivity index (χ4n) is 3.46. The third kappa shape index (κ3) is 3.97. The molecular formula is C20H25N3O4. The number of aromatic nitrogens is 2. The Kier molecular flexibility index (Phi) is 5.78. The molecule has 144 valence electrons. The van der Waals surface area contributed by atoms with Crippen LogP contribution in [0.4, 0.5) is 0 Å². The molecule has 0 aliphatic heterocycles. The van der Waals surface area contributed by atoms with Crippen LogP contribution >= 0.6 is 0 Å². The smallest absolute Gasteiger partial charge is 0.331 e. The normalized spacial score (nSPS) is 15.8. The van der Waals surface area contributed by atoms with E-state index in [1.807, 2.05) is 30.3 Å². The topological polar surface area (TPSA) is 82.5 Å². The van der Waals surface area contributed by atoms with Crippen LogP contribution in [0.1, 0.15) is 49.5 Å². The zero-order chi connectivity index (χ0) is 19.3. The van der Waals surface area contributed by atoms with Gasteiger partial charge in [-0.2, -0.15) is 5.10 Å². The van der Waals surface area contributed by atoms with Crippen molar-refractivity contribution < 1.29 is 19.1 Å². The number of amides is 1. The van der Waals surface area contributed by atoms with Crippen molar-refractivity contribution in [3.8, 4) is 11.4 Å². The summed E-state index contributed by atoms with van der Waals surface area (Å²) < 4.78 is 12.2. The molecule has 0 bridgehead atoms. The SMILES string of the molecule is CCOC(=O)C1(NC(=O)c2nn(-c3ccccc3)cc2OC)CCCCC1. The number of carbonyl (C=O) groups is 2. The predicted molar refractivity (Wildman–Crippen MR) is 100 cm³/mol. The van der Waals surface area contributed by atoms with Gasteiger partial charge >= 0.3 is 5.97 Å². The number of hydrogen-bond acceptors (Lipinski definition) is 5. The number of benzene rings is 1. The van der Waals surface area contributed by atoms with Crippen LogP contribution in [-0.2, 0) is 9.53 Å². The molecule has 1 amide bonds. The van der Waals surface area contributed by atoms with E-state index >= 15 is 0 Å². The molecule has 1 aliphatic rings. The molecule has 1 heterocycles. The molecule has 0 spiro atoms. The Balaban J connectivity index is 1.88. The van der Waals surface area contributed by atoms with Gasteiger partial charge in [0.1, 0.15) is 5.54 Å². The van der Waals surface area contributed by atoms with Crippen LogP contribution in [0.15, 0.2) is 36.5 Å². The lowest BCUT2D eigenvalue weighted by Crippen LogP contribution is -2.56. The Morgan fingerprint density at radius 3 is 2.52 bits per heavy atom. The van der Waals surface area contributed by atoms with Crippen molar-refractivity contribution in [3.63, 3.8) is 0 Å². The third-order valence-electron chi connectivity index (χ3n) is 4.86. The van der Waals surface area contributed by atoms with Crippen LogP contribution in [0, 0.1) is 0 Å². The molecule has 27 heavy (non-hydrogen) atoms. The van der Waals surface area contributed by atoms with Gasteiger partial charge in [-0.3, -0.25) is 4.79 Å². The molecule has 7 heteroatoms. The number of nitrogens with one attached hydrogen (secondary N) is 1. The zero-order valence-electron chi connectivity index (χ0n) is 15.7. The van der Waals surface area contributed by atoms with Gasteiger partial charge in [-0.1, -0.05) is 37.5 Å². The minimum absolute atomic E-state index is 0.149. The highest BCUT2D eigenvalue weighted by molar-refractivity contribution is 5.98. The summed E-state index contributed by atoms with van der Waals surface area (Å²) in [6, 6.07) is 9.46. The molecule has 1 aromatic heterocycles. The maximum Gasteiger partial charge on any atom is 0.331 e. The number of carbonyl (C=O) groups excluding carboxylic acids is 2. The largest absolute Gasteiger partial charge is 0.493 e. The number of rotatable bonds is 6. The molecule has 1 aromatic carbocycles. The van der Waals surface area contributed by atoms with E-state index in [9.17, 15) is 9.59 Å². The standard InChI is InChI=1S/C20H25N3O4/c1-3-27-19(25)20(12-8-5-9-13-20)21-18(24)17-16(26-2)14-23(22-17)15-10-6-4-7-11-15/h4,6-7,10-11,14H,3,5,8-9,12-13H2,1-2H3,(H,21,24). The van der Waals surface area contributed by atoms with Gasteiger partial charge in [-0.25, -0.2) is 9.48 Å². The molecule has 0 atom stereocenters. The van der Waals surface area contributed by atoms with Crippen LogP contribution < -0.4 is 10.1 Å². The van der Waals surface area contributed by atoms with E-state index in [0.29, 0.717) is 18.6 Å². The summed E-state index contributed by atoms with van der Waals surface area (Å²) in [6.45, 7) is 2.04. The van der Waals surface area contributed by atoms with Gasteiger partial charge in [0.2, 0.25) is 0 Å². The Hall–Kier alpha value is -2.83. The number of nitrogens with zero attached hydrogens (tertiary/aromatic N) is 2. The van der Waals surface area contributed by atoms with Crippen LogP contribution in [0.25, 0.3) is 5.69 Å². The number of esters is 1. The van der Waals surface area contributed by atoms with Gasteiger partial charge < -0.3 is 14.8 Å². The highest BCUT2D eigenvalue weighted by Crippen LogP contribution is 2.30. The molecule has 7 nitrogen and oxygen atoms in total. The first-order valence-electron chi connectivity index (χ1n) is 9.28. The molecule has 1 saturated carbocycles. The fourth-order valence-corrected chi connectivity index (χ4v) is 3.46. The lowest BCUT2D eigenvalue weighted by molar-refractivity contribution is -0.152. The summed E-state index contributed by atoms with van der Waals surface area (Å²) >= 11 is 0. The average Bonchev–Trinajstić information content (AvgIpc) is 3.14. The van der Waals surface area contributed by atoms with E-state index in [2.05, 4.69) is 10.4 Å². The Morgan fingerprint density at radius 1 is 1.19 bits per heavy atom. The van der Waals surface area contributed by atoms with Crippen molar-refractivity contribution in [1.29, 1.82) is 0 Å². The van der Waals surface area contributed by atoms with Crippen molar-refractivity contribution in [3.05, 3.63) is 42.2 Å². The summed E-state index contributed by atoms with van der Waals surface area (Å²) in [7, 11) is 1.49. The van der Waals surface area contributed by atoms with Crippen molar-refractivity contribution in [2.24, 2.45) is 0 Å². The second-order valence-electron chi connectivity index (χ2n) is 6.64. The van der Waals surface area contributed by atoms with Crippen molar-refractivity contribution in [1.82, 2.24) is 15.1 Å². The second-order valence-corrected chi connectivity index (χ2v) is 6.64. The molecule has 0 saturated heterocycles. The second kappa shape index (κ2) is 8.24. The minimum Gasteiger partial charge on any atom is -0.493 e. The highest BCUT2D eigenvalue weighted by Gasteiger charge is 2.43. The lowest BCUT2D eigenvalue weighted by atomic mass is 9.81. The predicted octanol–water partition coefficient (Wildman–Crippen LogP) is 2.88. The minimum atomic E-state index is -0.993. The number of hydrogen-bond donors (Lipinski definition) is 1. The molecule has 3 rings (SSSR count). The first-order valence-corrected chi connectivity index (χ1v) is 9.28. The van der Waals surface area contributed by atoms with E-state index in [-0.39, 0.29) is 18.3 Å². The average molecular weight is 371 g/mol. The van der Waals surface area contributed by atoms with Gasteiger partial charge in [0.05, 0.1) is 25.6 Å². The van der Waals surface area contributed by atoms with Crippen LogP contribution in [-0.4, -0.2) is 40.9 Å². The summed E-state index contributed by atoms with van der Waals surface area (Å²) in [5.74, 6) is -0.456. The Bertz CT molecular complexity index is 795. The lowest BCUT2D eigenvalue weighted by Gasteiger charge is -2.35. The van der Waals surface area contributed by atoms with E-state index in [1.54, 1.807) is 17.8 Å². The van der Waals surface area contributed by atoms with Gasteiger partial charge in [-0.05, 0) is 31.9 Å². The van der Waals surface area contributed by atoms with Crippen LogP contribution in [0.3, 0.4) is 0 Å². The molecule has 1 N–H and O–H groups in total. The van der Waals surface area contributed by atoms with Gasteiger partial charge in [0, 0.05) is 0 Å². The van der Waals surface area contributed by atoms with E-state index < -0.39 is 11.4 Å². The van der Waals surface area contributed by atoms with E-state index in [4.69, 9.17) is 9.47 Å². The molecule has 0 unspecified atom stereocenters. The number of ether oxygens (including phenoxy) is 2. The molecule has 1 aliphatic carbocycles. The first-order chi connectivity index (χ1) is 13.1. The molecule has 0 radical (unpaired) electrons. The summed E-state index contributed by atoms with van der Waals surface area (Å²) in [6.07, 6.45) is 5.58. The first kappa shape index (κ1) is 18.9.